The Kier molecular flexibility index (Phi) is 7.66. The van der Waals surface area contributed by atoms with Gasteiger partial charge in [-0.25, -0.2) is 9.37 Å². The summed E-state index contributed by atoms with van der Waals surface area (Å²) in [5.41, 5.74) is -1.73. The summed E-state index contributed by atoms with van der Waals surface area (Å²) >= 11 is 0. The Labute approximate surface area is 221 Å². The maximum atomic E-state index is 14.1. The predicted molar refractivity (Wildman–Crippen MR) is 123 cm³/mol. The Morgan fingerprint density at radius 2 is 1.80 bits per heavy atom. The molecule has 0 spiro atoms. The lowest BCUT2D eigenvalue weighted by atomic mass is 9.95. The van der Waals surface area contributed by atoms with E-state index in [1.54, 1.807) is 0 Å². The van der Waals surface area contributed by atoms with Gasteiger partial charge in [-0.3, -0.25) is 4.79 Å². The van der Waals surface area contributed by atoms with Crippen LogP contribution in [0.1, 0.15) is 53.2 Å². The van der Waals surface area contributed by atoms with Crippen molar-refractivity contribution >= 4 is 11.6 Å². The molecule has 3 aromatic rings. The first-order valence-corrected chi connectivity index (χ1v) is 11.8. The van der Waals surface area contributed by atoms with Crippen molar-refractivity contribution in [2.75, 3.05) is 19.4 Å². The zero-order valence-electron chi connectivity index (χ0n) is 20.7. The molecular formula is C24H22F7N5O4. The molecule has 1 amide bonds. The van der Waals surface area contributed by atoms with Crippen molar-refractivity contribution in [2.24, 2.45) is 0 Å². The molecule has 0 saturated heterocycles. The predicted octanol–water partition coefficient (Wildman–Crippen LogP) is 4.85. The van der Waals surface area contributed by atoms with Crippen molar-refractivity contribution in [2.45, 2.75) is 50.2 Å². The SMILES string of the molecule is COc1cc(F)cc(CN2CCCCCC(O)(C(F)(F)F)c3nnc(o3)-c3nc(c(C(F)(F)F)cc3N)C2=O)c1. The number of nitrogens with two attached hydrogens (primary N) is 1. The number of nitrogens with zero attached hydrogens (tertiary/aromatic N) is 4. The van der Waals surface area contributed by atoms with Gasteiger partial charge in [0.25, 0.3) is 17.7 Å². The third-order valence-electron chi connectivity index (χ3n) is 6.30. The molecule has 4 rings (SSSR count). The number of fused-ring (bicyclic) bond motifs is 5. The van der Waals surface area contributed by atoms with E-state index in [9.17, 15) is 40.6 Å². The number of rotatable bonds is 3. The second kappa shape index (κ2) is 10.6. The number of ether oxygens (including phenoxy) is 1. The van der Waals surface area contributed by atoms with Gasteiger partial charge in [0.1, 0.15) is 17.3 Å². The molecule has 1 aromatic carbocycles. The molecule has 4 bridgehead atoms. The van der Waals surface area contributed by atoms with Crippen LogP contribution >= 0.6 is 0 Å². The summed E-state index contributed by atoms with van der Waals surface area (Å²) in [6.45, 7) is -0.623. The number of alkyl halides is 6. The number of aliphatic hydroxyl groups is 1. The van der Waals surface area contributed by atoms with E-state index in [0.717, 1.165) is 17.0 Å². The van der Waals surface area contributed by atoms with Crippen LogP contribution < -0.4 is 10.5 Å². The summed E-state index contributed by atoms with van der Waals surface area (Å²) in [7, 11) is 1.27. The van der Waals surface area contributed by atoms with Crippen LogP contribution in [0.4, 0.5) is 36.4 Å². The average molecular weight is 577 g/mol. The summed E-state index contributed by atoms with van der Waals surface area (Å²) in [4.78, 5) is 18.2. The molecule has 216 valence electrons. The molecule has 1 aliphatic rings. The first-order chi connectivity index (χ1) is 18.6. The summed E-state index contributed by atoms with van der Waals surface area (Å²) in [5.74, 6) is -3.93. The molecule has 0 fully saturated rings. The molecule has 1 unspecified atom stereocenters. The fourth-order valence-corrected chi connectivity index (χ4v) is 4.25. The monoisotopic (exact) mass is 577 g/mol. The van der Waals surface area contributed by atoms with Gasteiger partial charge in [-0.2, -0.15) is 26.3 Å². The minimum atomic E-state index is -5.24. The van der Waals surface area contributed by atoms with Crippen molar-refractivity contribution in [1.29, 1.82) is 0 Å². The quantitative estimate of drug-likeness (QED) is 0.423. The van der Waals surface area contributed by atoms with Crippen LogP contribution in [0.2, 0.25) is 0 Å². The highest BCUT2D eigenvalue weighted by atomic mass is 19.4. The number of amides is 1. The third-order valence-corrected chi connectivity index (χ3v) is 6.30. The standard InChI is InChI=1S/C24H22F7N5O4/c1-39-14-8-12(7-13(25)9-14)11-36-6-4-2-3-5-22(38,24(29,30)31)21-35-34-19(40-21)18-16(32)10-15(23(26,27)28)17(33-18)20(36)37/h7-10,38H,2-6,11,32H2,1H3. The number of anilines is 1. The number of carbonyl (C=O) groups is 1. The largest absolute Gasteiger partial charge is 0.497 e. The lowest BCUT2D eigenvalue weighted by molar-refractivity contribution is -0.277. The van der Waals surface area contributed by atoms with Gasteiger partial charge in [-0.05, 0) is 43.0 Å². The number of nitrogen functional groups attached to an aromatic ring is 1. The lowest BCUT2D eigenvalue weighted by Gasteiger charge is -2.28. The molecular weight excluding hydrogens is 555 g/mol. The van der Waals surface area contributed by atoms with Crippen LogP contribution in [-0.4, -0.2) is 50.9 Å². The number of aromatic nitrogens is 3. The molecule has 16 heteroatoms. The van der Waals surface area contributed by atoms with Crippen LogP contribution in [0.25, 0.3) is 11.6 Å². The van der Waals surface area contributed by atoms with Crippen molar-refractivity contribution in [1.82, 2.24) is 20.1 Å². The van der Waals surface area contributed by atoms with Crippen molar-refractivity contribution in [3.8, 4) is 17.3 Å². The molecule has 3 N–H and O–H groups in total. The Morgan fingerprint density at radius 3 is 2.45 bits per heavy atom. The van der Waals surface area contributed by atoms with Gasteiger partial charge in [-0.15, -0.1) is 10.2 Å². The number of hydrogen-bond acceptors (Lipinski definition) is 8. The number of carbonyl (C=O) groups excluding carboxylic acids is 1. The molecule has 2 aromatic heterocycles. The minimum Gasteiger partial charge on any atom is -0.497 e. The molecule has 0 saturated carbocycles. The normalized spacial score (nSPS) is 18.9. The fourth-order valence-electron chi connectivity index (χ4n) is 4.25. The van der Waals surface area contributed by atoms with Crippen LogP contribution in [0.15, 0.2) is 28.7 Å². The highest BCUT2D eigenvalue weighted by molar-refractivity contribution is 5.95. The highest BCUT2D eigenvalue weighted by Gasteiger charge is 2.58. The summed E-state index contributed by atoms with van der Waals surface area (Å²) in [5, 5.41) is 17.2. The van der Waals surface area contributed by atoms with E-state index in [2.05, 4.69) is 15.2 Å². The Morgan fingerprint density at radius 1 is 1.07 bits per heavy atom. The van der Waals surface area contributed by atoms with E-state index >= 15 is 0 Å². The number of hydrogen-bond donors (Lipinski definition) is 2. The maximum absolute atomic E-state index is 14.1. The van der Waals surface area contributed by atoms with Gasteiger partial charge in [-0.1, -0.05) is 6.42 Å². The lowest BCUT2D eigenvalue weighted by Crippen LogP contribution is -2.42. The molecule has 0 radical (unpaired) electrons. The summed E-state index contributed by atoms with van der Waals surface area (Å²) < 4.78 is 108. The first kappa shape index (κ1) is 29.0. The van der Waals surface area contributed by atoms with Crippen LogP contribution in [0, 0.1) is 5.82 Å². The maximum Gasteiger partial charge on any atom is 0.426 e. The number of pyridine rings is 1. The Balaban J connectivity index is 1.87. The van der Waals surface area contributed by atoms with Crippen molar-refractivity contribution in [3.63, 3.8) is 0 Å². The van der Waals surface area contributed by atoms with E-state index in [4.69, 9.17) is 14.9 Å². The van der Waals surface area contributed by atoms with Gasteiger partial charge in [0, 0.05) is 19.2 Å². The second-order valence-corrected chi connectivity index (χ2v) is 9.13. The van der Waals surface area contributed by atoms with E-state index < -0.39 is 70.5 Å². The molecule has 3 heterocycles. The number of halogens is 7. The summed E-state index contributed by atoms with van der Waals surface area (Å²) in [6, 6.07) is 3.86. The van der Waals surface area contributed by atoms with Crippen LogP contribution in [0.5, 0.6) is 5.75 Å². The van der Waals surface area contributed by atoms with Crippen molar-refractivity contribution < 1.29 is 49.8 Å². The third kappa shape index (κ3) is 5.66. The van der Waals surface area contributed by atoms with Gasteiger partial charge in [0.05, 0.1) is 18.4 Å². The molecule has 0 aliphatic carbocycles. The number of methoxy groups -OCH3 is 1. The van der Waals surface area contributed by atoms with Gasteiger partial charge in [0.2, 0.25) is 5.60 Å². The Bertz CT molecular complexity index is 1410. The second-order valence-electron chi connectivity index (χ2n) is 9.13. The van der Waals surface area contributed by atoms with Gasteiger partial charge in [0.15, 0.2) is 5.69 Å². The van der Waals surface area contributed by atoms with Gasteiger partial charge < -0.3 is 24.9 Å². The number of benzene rings is 1. The minimum absolute atomic E-state index is 0.0161. The fraction of sp³-hybridized carbons (Fsp3) is 0.417. The van der Waals surface area contributed by atoms with Crippen molar-refractivity contribution in [3.05, 3.63) is 52.8 Å². The van der Waals surface area contributed by atoms with E-state index in [-0.39, 0.29) is 43.7 Å². The topological polar surface area (TPSA) is 128 Å². The molecule has 1 aliphatic heterocycles. The van der Waals surface area contributed by atoms with E-state index in [1.807, 2.05) is 0 Å². The van der Waals surface area contributed by atoms with E-state index in [0.29, 0.717) is 6.07 Å². The molecule has 40 heavy (non-hydrogen) atoms. The molecule has 9 nitrogen and oxygen atoms in total. The molecule has 1 atom stereocenters. The highest BCUT2D eigenvalue weighted by Crippen LogP contribution is 2.43. The Hall–Kier alpha value is -3.95. The van der Waals surface area contributed by atoms with Crippen LogP contribution in [0.3, 0.4) is 0 Å². The van der Waals surface area contributed by atoms with Gasteiger partial charge >= 0.3 is 12.4 Å². The van der Waals surface area contributed by atoms with Crippen LogP contribution in [-0.2, 0) is 18.3 Å². The average Bonchev–Trinajstić information content (AvgIpc) is 3.35. The van der Waals surface area contributed by atoms with E-state index in [1.165, 1.54) is 13.2 Å². The summed E-state index contributed by atoms with van der Waals surface area (Å²) in [6.07, 6.45) is -11.4. The smallest absolute Gasteiger partial charge is 0.426 e. The zero-order chi connectivity index (χ0) is 29.5. The first-order valence-electron chi connectivity index (χ1n) is 11.8. The zero-order valence-corrected chi connectivity index (χ0v) is 20.7.